The summed E-state index contributed by atoms with van der Waals surface area (Å²) < 4.78 is 27.1. The molecule has 0 saturated carbocycles. The van der Waals surface area contributed by atoms with Crippen LogP contribution < -0.4 is 5.32 Å². The lowest BCUT2D eigenvalue weighted by Gasteiger charge is -2.29. The van der Waals surface area contributed by atoms with Crippen LogP contribution in [0.5, 0.6) is 0 Å². The minimum absolute atomic E-state index is 0.238. The molecule has 0 atom stereocenters. The van der Waals surface area contributed by atoms with E-state index in [4.69, 9.17) is 0 Å². The second-order valence-electron chi connectivity index (χ2n) is 7.31. The summed E-state index contributed by atoms with van der Waals surface area (Å²) in [5.74, 6) is 0.299. The van der Waals surface area contributed by atoms with Gasteiger partial charge in [0.25, 0.3) is 5.91 Å². The Morgan fingerprint density at radius 2 is 1.89 bits per heavy atom. The molecule has 2 aliphatic rings. The van der Waals surface area contributed by atoms with Gasteiger partial charge in [0, 0.05) is 23.5 Å². The first-order chi connectivity index (χ1) is 12.9. The normalized spacial score (nSPS) is 18.4. The summed E-state index contributed by atoms with van der Waals surface area (Å²) in [6, 6.07) is 6.17. The van der Waals surface area contributed by atoms with E-state index in [0.29, 0.717) is 29.7 Å². The van der Waals surface area contributed by atoms with Gasteiger partial charge in [0.1, 0.15) is 0 Å². The third-order valence-electron chi connectivity index (χ3n) is 5.31. The van der Waals surface area contributed by atoms with Crippen LogP contribution in [-0.4, -0.2) is 36.7 Å². The highest BCUT2D eigenvalue weighted by Crippen LogP contribution is 2.30. The van der Waals surface area contributed by atoms with E-state index in [-0.39, 0.29) is 10.8 Å². The van der Waals surface area contributed by atoms with Crippen LogP contribution in [0, 0.1) is 5.92 Å². The predicted molar refractivity (Wildman–Crippen MR) is 106 cm³/mol. The second-order valence-corrected chi connectivity index (χ2v) is 10.3. The number of hydrogen-bond donors (Lipinski definition) is 1. The molecule has 1 fully saturated rings. The number of rotatable bonds is 4. The third kappa shape index (κ3) is 3.79. The number of benzene rings is 1. The lowest BCUT2D eigenvalue weighted by Crippen LogP contribution is -2.37. The number of carbonyl (C=O) groups excluding carboxylic acids is 1. The Bertz CT molecular complexity index is 922. The summed E-state index contributed by atoms with van der Waals surface area (Å²) in [5.41, 5.74) is 1.52. The van der Waals surface area contributed by atoms with Crippen molar-refractivity contribution in [3.05, 3.63) is 40.4 Å². The standard InChI is InChI=1S/C19H23N3O3S2/c1-13-9-11-22(12-10-13)27(24,25)15-7-5-14(6-8-15)18(23)21-19-20-16-3-2-4-17(16)26-19/h5-8,13H,2-4,9-12H2,1H3,(H,20,21,23). The van der Waals surface area contributed by atoms with Gasteiger partial charge in [-0.15, -0.1) is 11.3 Å². The number of aromatic nitrogens is 1. The molecule has 0 bridgehead atoms. The number of nitrogens with one attached hydrogen (secondary N) is 1. The van der Waals surface area contributed by atoms with Crippen LogP contribution in [0.25, 0.3) is 0 Å². The largest absolute Gasteiger partial charge is 0.298 e. The van der Waals surface area contributed by atoms with E-state index in [1.54, 1.807) is 16.4 Å². The Labute approximate surface area is 163 Å². The third-order valence-corrected chi connectivity index (χ3v) is 8.30. The molecular weight excluding hydrogens is 382 g/mol. The molecule has 1 saturated heterocycles. The van der Waals surface area contributed by atoms with Crippen LogP contribution in [0.3, 0.4) is 0 Å². The summed E-state index contributed by atoms with van der Waals surface area (Å²) in [7, 11) is -3.49. The summed E-state index contributed by atoms with van der Waals surface area (Å²) in [4.78, 5) is 18.4. The SMILES string of the molecule is CC1CCN(S(=O)(=O)c2ccc(C(=O)Nc3nc4c(s3)CCC4)cc2)CC1. The molecule has 1 aromatic carbocycles. The molecule has 1 aliphatic carbocycles. The summed E-state index contributed by atoms with van der Waals surface area (Å²) in [6.45, 7) is 3.26. The first-order valence-corrected chi connectivity index (χ1v) is 11.6. The van der Waals surface area contributed by atoms with Crippen molar-refractivity contribution >= 4 is 32.4 Å². The first-order valence-electron chi connectivity index (χ1n) is 9.33. The molecule has 4 rings (SSSR count). The molecule has 8 heteroatoms. The van der Waals surface area contributed by atoms with Crippen molar-refractivity contribution in [3.8, 4) is 0 Å². The Kier molecular flexibility index (Phi) is 5.05. The average molecular weight is 406 g/mol. The molecule has 144 valence electrons. The van der Waals surface area contributed by atoms with Crippen molar-refractivity contribution in [2.24, 2.45) is 5.92 Å². The molecule has 1 N–H and O–H groups in total. The van der Waals surface area contributed by atoms with Gasteiger partial charge in [-0.05, 0) is 62.3 Å². The molecule has 1 aliphatic heterocycles. The van der Waals surface area contributed by atoms with Crippen LogP contribution in [0.2, 0.25) is 0 Å². The minimum Gasteiger partial charge on any atom is -0.298 e. The number of thiazole rings is 1. The van der Waals surface area contributed by atoms with E-state index in [2.05, 4.69) is 17.2 Å². The molecule has 2 aromatic rings. The highest BCUT2D eigenvalue weighted by atomic mass is 32.2. The van der Waals surface area contributed by atoms with E-state index in [1.807, 2.05) is 0 Å². The molecule has 0 spiro atoms. The van der Waals surface area contributed by atoms with Gasteiger partial charge < -0.3 is 0 Å². The van der Waals surface area contributed by atoms with Crippen LogP contribution in [0.15, 0.2) is 29.2 Å². The van der Waals surface area contributed by atoms with Gasteiger partial charge in [-0.1, -0.05) is 6.92 Å². The smallest absolute Gasteiger partial charge is 0.257 e. The summed E-state index contributed by atoms with van der Waals surface area (Å²) >= 11 is 1.53. The summed E-state index contributed by atoms with van der Waals surface area (Å²) in [5, 5.41) is 3.44. The van der Waals surface area contributed by atoms with E-state index in [9.17, 15) is 13.2 Å². The predicted octanol–water partition coefficient (Wildman–Crippen LogP) is 3.30. The number of aryl methyl sites for hydroxylation is 2. The fraction of sp³-hybridized carbons (Fsp3) is 0.474. The minimum atomic E-state index is -3.49. The number of anilines is 1. The zero-order valence-electron chi connectivity index (χ0n) is 15.3. The number of carbonyl (C=O) groups is 1. The lowest BCUT2D eigenvalue weighted by atomic mass is 10.0. The number of nitrogens with zero attached hydrogens (tertiary/aromatic N) is 2. The quantitative estimate of drug-likeness (QED) is 0.846. The number of hydrogen-bond acceptors (Lipinski definition) is 5. The van der Waals surface area contributed by atoms with Crippen molar-refractivity contribution in [1.82, 2.24) is 9.29 Å². The fourth-order valence-corrected chi connectivity index (χ4v) is 6.08. The number of piperidine rings is 1. The topological polar surface area (TPSA) is 79.4 Å². The van der Waals surface area contributed by atoms with Gasteiger partial charge in [-0.3, -0.25) is 10.1 Å². The van der Waals surface area contributed by atoms with Crippen LogP contribution >= 0.6 is 11.3 Å². The maximum atomic E-state index is 12.8. The van der Waals surface area contributed by atoms with Gasteiger partial charge in [-0.25, -0.2) is 13.4 Å². The molecule has 1 aromatic heterocycles. The van der Waals surface area contributed by atoms with Crippen molar-refractivity contribution in [2.75, 3.05) is 18.4 Å². The van der Waals surface area contributed by atoms with Crippen molar-refractivity contribution in [1.29, 1.82) is 0 Å². The second kappa shape index (κ2) is 7.33. The Morgan fingerprint density at radius 1 is 1.19 bits per heavy atom. The van der Waals surface area contributed by atoms with Crippen LogP contribution in [0.1, 0.15) is 47.1 Å². The maximum Gasteiger partial charge on any atom is 0.257 e. The summed E-state index contributed by atoms with van der Waals surface area (Å²) in [6.07, 6.45) is 4.91. The van der Waals surface area contributed by atoms with E-state index >= 15 is 0 Å². The van der Waals surface area contributed by atoms with E-state index < -0.39 is 10.0 Å². The monoisotopic (exact) mass is 405 g/mol. The molecule has 6 nitrogen and oxygen atoms in total. The zero-order valence-corrected chi connectivity index (χ0v) is 16.9. The molecular formula is C19H23N3O3S2. The Hall–Kier alpha value is -1.77. The first kappa shape index (κ1) is 18.6. The Balaban J connectivity index is 1.45. The lowest BCUT2D eigenvalue weighted by molar-refractivity contribution is 0.102. The van der Waals surface area contributed by atoms with Crippen LogP contribution in [0.4, 0.5) is 5.13 Å². The van der Waals surface area contributed by atoms with E-state index in [1.165, 1.54) is 28.3 Å². The molecule has 0 unspecified atom stereocenters. The van der Waals surface area contributed by atoms with Crippen LogP contribution in [-0.2, 0) is 22.9 Å². The number of amides is 1. The highest BCUT2D eigenvalue weighted by Gasteiger charge is 2.28. The van der Waals surface area contributed by atoms with Gasteiger partial charge >= 0.3 is 0 Å². The van der Waals surface area contributed by atoms with Gasteiger partial charge in [0.05, 0.1) is 10.6 Å². The molecule has 1 amide bonds. The van der Waals surface area contributed by atoms with Gasteiger partial charge in [0.2, 0.25) is 10.0 Å². The van der Waals surface area contributed by atoms with Crippen molar-refractivity contribution < 1.29 is 13.2 Å². The van der Waals surface area contributed by atoms with E-state index in [0.717, 1.165) is 37.8 Å². The van der Waals surface area contributed by atoms with Gasteiger partial charge in [-0.2, -0.15) is 4.31 Å². The van der Waals surface area contributed by atoms with Gasteiger partial charge in [0.15, 0.2) is 5.13 Å². The maximum absolute atomic E-state index is 12.8. The number of sulfonamides is 1. The Morgan fingerprint density at radius 3 is 2.56 bits per heavy atom. The molecule has 0 radical (unpaired) electrons. The number of fused-ring (bicyclic) bond motifs is 1. The average Bonchev–Trinajstić information content (AvgIpc) is 3.24. The molecule has 2 heterocycles. The van der Waals surface area contributed by atoms with Crippen molar-refractivity contribution in [2.45, 2.75) is 43.9 Å². The van der Waals surface area contributed by atoms with Crippen molar-refractivity contribution in [3.63, 3.8) is 0 Å². The highest BCUT2D eigenvalue weighted by molar-refractivity contribution is 7.89. The zero-order chi connectivity index (χ0) is 19.0. The molecule has 27 heavy (non-hydrogen) atoms. The fourth-order valence-electron chi connectivity index (χ4n) is 3.57.